The summed E-state index contributed by atoms with van der Waals surface area (Å²) >= 11 is 0. The summed E-state index contributed by atoms with van der Waals surface area (Å²) in [7, 11) is 3.30. The summed E-state index contributed by atoms with van der Waals surface area (Å²) in [5.74, 6) is 0.237. The van der Waals surface area contributed by atoms with E-state index in [4.69, 9.17) is 119 Å². The van der Waals surface area contributed by atoms with Gasteiger partial charge in [0.2, 0.25) is 0 Å². The number of carbonyl (C=O) groups is 1. The van der Waals surface area contributed by atoms with Gasteiger partial charge in [0, 0.05) is 44.7 Å². The molecule has 121 heavy (non-hydrogen) atoms. The Bertz CT molecular complexity index is 3330. The summed E-state index contributed by atoms with van der Waals surface area (Å²) in [5, 5.41) is 0. The number of hydrogen-bond donors (Lipinski definition) is 1. The summed E-state index contributed by atoms with van der Waals surface area (Å²) < 4.78 is 135. The lowest BCUT2D eigenvalue weighted by atomic mass is 9.70. The molecule has 0 amide bonds. The number of hydrogen-bond acceptors (Lipinski definition) is 26. The van der Waals surface area contributed by atoms with Crippen LogP contribution in [0.15, 0.2) is 97.1 Å². The molecule has 0 saturated carbocycles. The first-order valence-corrected chi connectivity index (χ1v) is 44.2. The quantitative estimate of drug-likeness (QED) is 0.0354. The first kappa shape index (κ1) is 103. The first-order valence-electron chi connectivity index (χ1n) is 44.2. The van der Waals surface area contributed by atoms with Gasteiger partial charge in [0.1, 0.15) is 5.78 Å². The van der Waals surface area contributed by atoms with Crippen LogP contribution in [0.5, 0.6) is 0 Å². The van der Waals surface area contributed by atoms with E-state index < -0.39 is 0 Å². The number of Topliss-reactive ketones (excluding diaryl/α,β-unsaturated/α-hetero) is 1. The van der Waals surface area contributed by atoms with E-state index in [0.717, 1.165) is 57.8 Å². The highest BCUT2D eigenvalue weighted by molar-refractivity contribution is 5.88. The number of methoxy groups -OCH3 is 2. The van der Waals surface area contributed by atoms with Crippen molar-refractivity contribution < 1.29 is 118 Å². The largest absolute Gasteiger partial charge is 0.382 e. The maximum atomic E-state index is 11.7. The van der Waals surface area contributed by atoms with Crippen LogP contribution < -0.4 is 5.73 Å². The van der Waals surface area contributed by atoms with Gasteiger partial charge in [-0.25, -0.2) is 0 Å². The van der Waals surface area contributed by atoms with Gasteiger partial charge in [-0.2, -0.15) is 0 Å². The molecule has 0 spiro atoms. The third-order valence-electron chi connectivity index (χ3n) is 20.9. The second-order valence-electron chi connectivity index (χ2n) is 29.9. The molecule has 0 heterocycles. The van der Waals surface area contributed by atoms with Crippen molar-refractivity contribution in [3.63, 3.8) is 0 Å². The standard InChI is InChI=1S/C95H147NO25/c1-79-13-21-88-89-24-20-85(84-19-23-87-86-22-18-83(82-16-14-81(15-17-82)12-8-11-80(2)97)76-90(86)94(3,91(87)77-84)25-6-7-28-96)78-93(89)95(92(88)75-79,26-9-29-100-35-37-104-43-45-108-51-53-112-59-61-116-67-69-120-73-71-118-65-63-114-57-55-110-49-47-106-41-39-102-33-31-98-4)27-10-30-101-36-38-105-44-46-109-52-54-113-60-62-117-68-70-121-74-72-119-66-64-115-58-56-111-50-48-107-42-40-103-34-32-99-5/h13-24,75-78H,6-12,25-74,96H2,1-5H3. The van der Waals surface area contributed by atoms with Crippen molar-refractivity contribution in [3.05, 3.63) is 130 Å². The molecule has 0 aliphatic heterocycles. The number of rotatable bonds is 84. The van der Waals surface area contributed by atoms with Gasteiger partial charge in [-0.3, -0.25) is 0 Å². The Morgan fingerprint density at radius 3 is 0.810 bits per heavy atom. The number of nitrogens with two attached hydrogens (primary N) is 1. The predicted octanol–water partition coefficient (Wildman–Crippen LogP) is 12.1. The zero-order valence-electron chi connectivity index (χ0n) is 73.8. The van der Waals surface area contributed by atoms with Gasteiger partial charge in [0.15, 0.2) is 0 Å². The summed E-state index contributed by atoms with van der Waals surface area (Å²) in [6.45, 7) is 30.1. The normalized spacial score (nSPS) is 13.9. The second kappa shape index (κ2) is 67.1. The zero-order valence-corrected chi connectivity index (χ0v) is 73.8. The molecule has 682 valence electrons. The summed E-state index contributed by atoms with van der Waals surface area (Å²) in [4.78, 5) is 11.7. The fourth-order valence-electron chi connectivity index (χ4n) is 14.6. The molecule has 5 aromatic carbocycles. The number of ketones is 1. The van der Waals surface area contributed by atoms with E-state index in [1.807, 2.05) is 0 Å². The molecule has 5 aromatic rings. The molecular formula is C95H147NO25. The Balaban J connectivity index is 0.795. The van der Waals surface area contributed by atoms with E-state index in [1.165, 1.54) is 77.9 Å². The highest BCUT2D eigenvalue weighted by atomic mass is 16.6. The molecule has 26 heteroatoms. The van der Waals surface area contributed by atoms with E-state index in [-0.39, 0.29) is 16.6 Å². The molecule has 0 radical (unpaired) electrons. The molecule has 2 aliphatic rings. The highest BCUT2D eigenvalue weighted by Gasteiger charge is 2.44. The van der Waals surface area contributed by atoms with Crippen molar-refractivity contribution in [1.29, 1.82) is 0 Å². The van der Waals surface area contributed by atoms with Crippen LogP contribution in [0.4, 0.5) is 0 Å². The molecule has 0 saturated heterocycles. The average Bonchev–Trinajstić information content (AvgIpc) is 1.57. The van der Waals surface area contributed by atoms with E-state index >= 15 is 0 Å². The van der Waals surface area contributed by atoms with Crippen LogP contribution in [-0.4, -0.2) is 330 Å². The van der Waals surface area contributed by atoms with Gasteiger partial charge in [0.25, 0.3) is 0 Å². The fraction of sp³-hybridized carbons (Fsp3) is 0.674. The molecule has 0 aromatic heterocycles. The zero-order chi connectivity index (χ0) is 85.2. The summed E-state index contributed by atoms with van der Waals surface area (Å²) in [6, 6.07) is 37.4. The maximum Gasteiger partial charge on any atom is 0.129 e. The van der Waals surface area contributed by atoms with Gasteiger partial charge >= 0.3 is 0 Å². The lowest BCUT2D eigenvalue weighted by molar-refractivity contribution is -0.117. The average molecular weight is 1700 g/mol. The van der Waals surface area contributed by atoms with Crippen molar-refractivity contribution in [2.75, 3.05) is 325 Å². The van der Waals surface area contributed by atoms with Crippen molar-refractivity contribution in [3.8, 4) is 44.5 Å². The Labute approximate surface area is 722 Å². The maximum absolute atomic E-state index is 11.7. The van der Waals surface area contributed by atoms with E-state index in [2.05, 4.69) is 111 Å². The molecule has 2 aliphatic carbocycles. The van der Waals surface area contributed by atoms with Gasteiger partial charge in [-0.1, -0.05) is 97.8 Å². The smallest absolute Gasteiger partial charge is 0.129 e. The molecule has 26 nitrogen and oxygen atoms in total. The molecule has 0 bridgehead atoms. The van der Waals surface area contributed by atoms with E-state index in [9.17, 15) is 4.79 Å². The number of carbonyl (C=O) groups excluding carboxylic acids is 1. The van der Waals surface area contributed by atoms with Gasteiger partial charge < -0.3 is 124 Å². The predicted molar refractivity (Wildman–Crippen MR) is 467 cm³/mol. The van der Waals surface area contributed by atoms with Crippen LogP contribution in [0.2, 0.25) is 0 Å². The van der Waals surface area contributed by atoms with Crippen LogP contribution in [0.3, 0.4) is 0 Å². The Morgan fingerprint density at radius 2 is 0.521 bits per heavy atom. The molecule has 2 N–H and O–H groups in total. The number of ether oxygens (including phenoxy) is 24. The fourth-order valence-corrected chi connectivity index (χ4v) is 14.6. The van der Waals surface area contributed by atoms with Crippen molar-refractivity contribution in [2.24, 2.45) is 5.73 Å². The topological polar surface area (TPSA) is 265 Å². The monoisotopic (exact) mass is 1700 g/mol. The van der Waals surface area contributed by atoms with Crippen LogP contribution in [0.1, 0.15) is 105 Å². The van der Waals surface area contributed by atoms with Gasteiger partial charge in [0.05, 0.1) is 291 Å². The van der Waals surface area contributed by atoms with E-state index in [0.29, 0.717) is 317 Å². The Kier molecular flexibility index (Phi) is 57.0. The Hall–Kier alpha value is -5.23. The highest BCUT2D eigenvalue weighted by Crippen LogP contribution is 2.56. The lowest BCUT2D eigenvalue weighted by Crippen LogP contribution is -2.27. The molecule has 7 rings (SSSR count). The van der Waals surface area contributed by atoms with Gasteiger partial charge in [-0.15, -0.1) is 0 Å². The molecule has 1 unspecified atom stereocenters. The number of aryl methyl sites for hydroxylation is 2. The molecular weight excluding hydrogens is 1560 g/mol. The Morgan fingerprint density at radius 1 is 0.273 bits per heavy atom. The van der Waals surface area contributed by atoms with E-state index in [1.54, 1.807) is 21.1 Å². The molecule has 1 atom stereocenters. The van der Waals surface area contributed by atoms with Crippen LogP contribution in [-0.2, 0) is 136 Å². The minimum Gasteiger partial charge on any atom is -0.382 e. The third kappa shape index (κ3) is 41.8. The molecule has 0 fully saturated rings. The minimum absolute atomic E-state index is 0.222. The van der Waals surface area contributed by atoms with Crippen LogP contribution in [0, 0.1) is 6.92 Å². The minimum atomic E-state index is -0.292. The lowest BCUT2D eigenvalue weighted by Gasteiger charge is -2.33. The van der Waals surface area contributed by atoms with Gasteiger partial charge in [-0.05, 0) is 162 Å². The second-order valence-corrected chi connectivity index (χ2v) is 29.9. The van der Waals surface area contributed by atoms with Crippen molar-refractivity contribution in [1.82, 2.24) is 0 Å². The van der Waals surface area contributed by atoms with Crippen molar-refractivity contribution in [2.45, 2.75) is 95.8 Å². The van der Waals surface area contributed by atoms with Crippen LogP contribution >= 0.6 is 0 Å². The number of fused-ring (bicyclic) bond motifs is 6. The van der Waals surface area contributed by atoms with Crippen molar-refractivity contribution >= 4 is 5.78 Å². The summed E-state index contributed by atoms with van der Waals surface area (Å²) in [6.07, 6.45) is 8.87. The van der Waals surface area contributed by atoms with Crippen LogP contribution in [0.25, 0.3) is 44.5 Å². The summed E-state index contributed by atoms with van der Waals surface area (Å²) in [5.41, 5.74) is 23.6. The number of unbranched alkanes of at least 4 members (excludes halogenated alkanes) is 1. The third-order valence-corrected chi connectivity index (χ3v) is 20.9. The SMILES string of the molecule is COCCOCCOCCOCCOCCOCCOCCOCCOCCOCCOCCOCCCC1(CCCOCCOCCOCCOCCOCCOCCOCCOCCOCCOCCOCCOC)c2cc(C)ccc2-c2ccc(-c3ccc4c(c3)C(C)(CCCCN)c3cc(-c5ccc(CCCC(C)=O)cc5)ccc3-4)cc21. The number of benzene rings is 5. The first-order chi connectivity index (χ1) is 59.7.